The van der Waals surface area contributed by atoms with Crippen molar-refractivity contribution >= 4 is 10.8 Å². The number of hydrogen-bond donors (Lipinski definition) is 1. The van der Waals surface area contributed by atoms with Gasteiger partial charge in [-0.15, -0.1) is 0 Å². The summed E-state index contributed by atoms with van der Waals surface area (Å²) < 4.78 is 0. The van der Waals surface area contributed by atoms with Gasteiger partial charge in [0.05, 0.1) is 0 Å². The Balaban J connectivity index is 1.55. The van der Waals surface area contributed by atoms with Crippen LogP contribution in [0, 0.1) is 6.92 Å². The van der Waals surface area contributed by atoms with E-state index >= 15 is 0 Å². The lowest BCUT2D eigenvalue weighted by atomic mass is 9.85. The molecule has 0 amide bonds. The molecule has 3 aromatic rings. The lowest BCUT2D eigenvalue weighted by Gasteiger charge is -2.30. The molecule has 1 N–H and O–H groups in total. The second-order valence-electron chi connectivity index (χ2n) is 7.11. The molecular formula is C23H25N. The van der Waals surface area contributed by atoms with Gasteiger partial charge in [0.1, 0.15) is 0 Å². The molecule has 1 nitrogen and oxygen atoms in total. The summed E-state index contributed by atoms with van der Waals surface area (Å²) in [6.45, 7) is 4.54. The third kappa shape index (κ3) is 2.85. The van der Waals surface area contributed by atoms with Crippen LogP contribution < -0.4 is 5.32 Å². The van der Waals surface area contributed by atoms with Gasteiger partial charge in [-0.2, -0.15) is 0 Å². The Morgan fingerprint density at radius 3 is 2.67 bits per heavy atom. The standard InChI is InChI=1S/C23H25N/c1-16-7-5-10-19-15-20(13-14-21(16)19)24-17(2)22-12-6-9-18-8-3-4-11-23(18)22/h3-12,17,20,24H,13-15H2,1-2H3/t17-,20+/m1/s1. The van der Waals surface area contributed by atoms with Crippen molar-refractivity contribution in [3.8, 4) is 0 Å². The summed E-state index contributed by atoms with van der Waals surface area (Å²) in [7, 11) is 0. The highest BCUT2D eigenvalue weighted by Crippen LogP contribution is 2.28. The minimum atomic E-state index is 0.368. The highest BCUT2D eigenvalue weighted by molar-refractivity contribution is 5.86. The van der Waals surface area contributed by atoms with Crippen LogP contribution in [0.25, 0.3) is 10.8 Å². The van der Waals surface area contributed by atoms with Crippen LogP contribution in [-0.4, -0.2) is 6.04 Å². The Morgan fingerprint density at radius 1 is 0.958 bits per heavy atom. The molecule has 122 valence electrons. The molecule has 0 bridgehead atoms. The highest BCUT2D eigenvalue weighted by atomic mass is 14.9. The van der Waals surface area contributed by atoms with Crippen molar-refractivity contribution in [2.45, 2.75) is 45.2 Å². The van der Waals surface area contributed by atoms with E-state index in [9.17, 15) is 0 Å². The largest absolute Gasteiger partial charge is 0.307 e. The van der Waals surface area contributed by atoms with Gasteiger partial charge in [0.2, 0.25) is 0 Å². The summed E-state index contributed by atoms with van der Waals surface area (Å²) >= 11 is 0. The molecule has 0 fully saturated rings. The van der Waals surface area contributed by atoms with E-state index < -0.39 is 0 Å². The van der Waals surface area contributed by atoms with Crippen molar-refractivity contribution in [2.75, 3.05) is 0 Å². The van der Waals surface area contributed by atoms with Crippen LogP contribution >= 0.6 is 0 Å². The van der Waals surface area contributed by atoms with E-state index in [1.165, 1.54) is 40.3 Å². The summed E-state index contributed by atoms with van der Waals surface area (Å²) in [6.07, 6.45) is 3.57. The van der Waals surface area contributed by atoms with E-state index in [2.05, 4.69) is 79.8 Å². The van der Waals surface area contributed by atoms with Crippen LogP contribution in [-0.2, 0) is 12.8 Å². The zero-order chi connectivity index (χ0) is 16.5. The summed E-state index contributed by atoms with van der Waals surface area (Å²) in [4.78, 5) is 0. The van der Waals surface area contributed by atoms with Gasteiger partial charge in [-0.3, -0.25) is 0 Å². The Hall–Kier alpha value is -2.12. The first kappa shape index (κ1) is 15.4. The van der Waals surface area contributed by atoms with Crippen molar-refractivity contribution in [2.24, 2.45) is 0 Å². The van der Waals surface area contributed by atoms with E-state index in [1.807, 2.05) is 0 Å². The van der Waals surface area contributed by atoms with Gasteiger partial charge in [-0.25, -0.2) is 0 Å². The molecule has 0 unspecified atom stereocenters. The summed E-state index contributed by atoms with van der Waals surface area (Å²) in [6, 6.07) is 23.0. The number of nitrogens with one attached hydrogen (secondary N) is 1. The molecule has 3 aromatic carbocycles. The molecule has 0 heterocycles. The van der Waals surface area contributed by atoms with Crippen LogP contribution in [0.5, 0.6) is 0 Å². The van der Waals surface area contributed by atoms with Crippen molar-refractivity contribution in [1.29, 1.82) is 0 Å². The second-order valence-corrected chi connectivity index (χ2v) is 7.11. The predicted molar refractivity (Wildman–Crippen MR) is 102 cm³/mol. The van der Waals surface area contributed by atoms with Crippen LogP contribution in [0.4, 0.5) is 0 Å². The normalized spacial score (nSPS) is 18.3. The highest BCUT2D eigenvalue weighted by Gasteiger charge is 2.21. The minimum absolute atomic E-state index is 0.368. The fraction of sp³-hybridized carbons (Fsp3) is 0.304. The van der Waals surface area contributed by atoms with Gasteiger partial charge in [-0.05, 0) is 66.1 Å². The zero-order valence-corrected chi connectivity index (χ0v) is 14.5. The summed E-state index contributed by atoms with van der Waals surface area (Å²) in [5.74, 6) is 0. The molecule has 2 atom stereocenters. The minimum Gasteiger partial charge on any atom is -0.307 e. The molecule has 0 radical (unpaired) electrons. The first-order chi connectivity index (χ1) is 11.7. The SMILES string of the molecule is Cc1cccc2c1CC[C@H](N[C@H](C)c1cccc3ccccc13)C2. The fourth-order valence-electron chi connectivity index (χ4n) is 4.21. The lowest BCUT2D eigenvalue weighted by Crippen LogP contribution is -2.36. The van der Waals surface area contributed by atoms with Gasteiger partial charge < -0.3 is 5.32 Å². The predicted octanol–water partition coefficient (Wildman–Crippen LogP) is 5.36. The molecule has 1 aliphatic rings. The average Bonchev–Trinajstić information content (AvgIpc) is 2.61. The monoisotopic (exact) mass is 315 g/mol. The van der Waals surface area contributed by atoms with E-state index in [0.717, 1.165) is 6.42 Å². The van der Waals surface area contributed by atoms with E-state index in [1.54, 1.807) is 5.56 Å². The van der Waals surface area contributed by atoms with Crippen molar-refractivity contribution in [3.05, 3.63) is 82.9 Å². The van der Waals surface area contributed by atoms with Crippen LogP contribution in [0.15, 0.2) is 60.7 Å². The molecule has 0 aliphatic heterocycles. The van der Waals surface area contributed by atoms with E-state index in [0.29, 0.717) is 12.1 Å². The number of benzene rings is 3. The topological polar surface area (TPSA) is 12.0 Å². The third-order valence-corrected chi connectivity index (χ3v) is 5.49. The first-order valence-corrected chi connectivity index (χ1v) is 9.03. The Labute approximate surface area is 144 Å². The Morgan fingerprint density at radius 2 is 1.75 bits per heavy atom. The lowest BCUT2D eigenvalue weighted by molar-refractivity contribution is 0.414. The molecule has 0 saturated carbocycles. The Bertz CT molecular complexity index is 860. The summed E-state index contributed by atoms with van der Waals surface area (Å²) in [5.41, 5.74) is 5.97. The molecule has 0 spiro atoms. The number of rotatable bonds is 3. The zero-order valence-electron chi connectivity index (χ0n) is 14.5. The van der Waals surface area contributed by atoms with Crippen molar-refractivity contribution < 1.29 is 0 Å². The summed E-state index contributed by atoms with van der Waals surface area (Å²) in [5, 5.41) is 6.58. The van der Waals surface area contributed by atoms with Gasteiger partial charge in [0, 0.05) is 12.1 Å². The van der Waals surface area contributed by atoms with Gasteiger partial charge in [0.25, 0.3) is 0 Å². The maximum atomic E-state index is 3.89. The average molecular weight is 315 g/mol. The van der Waals surface area contributed by atoms with Crippen LogP contribution in [0.2, 0.25) is 0 Å². The van der Waals surface area contributed by atoms with Gasteiger partial charge >= 0.3 is 0 Å². The molecule has 1 heteroatoms. The number of aryl methyl sites for hydroxylation is 1. The van der Waals surface area contributed by atoms with Crippen LogP contribution in [0.3, 0.4) is 0 Å². The molecule has 1 aliphatic carbocycles. The quantitative estimate of drug-likeness (QED) is 0.686. The molecule has 4 rings (SSSR count). The fourth-order valence-corrected chi connectivity index (χ4v) is 4.21. The van der Waals surface area contributed by atoms with Crippen LogP contribution in [0.1, 0.15) is 41.6 Å². The maximum Gasteiger partial charge on any atom is 0.0300 e. The number of hydrogen-bond acceptors (Lipinski definition) is 1. The van der Waals surface area contributed by atoms with Crippen molar-refractivity contribution in [1.82, 2.24) is 5.32 Å². The molecule has 24 heavy (non-hydrogen) atoms. The smallest absolute Gasteiger partial charge is 0.0300 e. The first-order valence-electron chi connectivity index (χ1n) is 9.03. The van der Waals surface area contributed by atoms with Crippen molar-refractivity contribution in [3.63, 3.8) is 0 Å². The second kappa shape index (κ2) is 6.41. The molecule has 0 aromatic heterocycles. The van der Waals surface area contributed by atoms with Gasteiger partial charge in [0.15, 0.2) is 0 Å². The third-order valence-electron chi connectivity index (χ3n) is 5.49. The maximum absolute atomic E-state index is 3.89. The molecular weight excluding hydrogens is 290 g/mol. The van der Waals surface area contributed by atoms with E-state index in [4.69, 9.17) is 0 Å². The molecule has 0 saturated heterocycles. The van der Waals surface area contributed by atoms with E-state index in [-0.39, 0.29) is 0 Å². The Kier molecular flexibility index (Phi) is 4.12. The number of fused-ring (bicyclic) bond motifs is 2. The van der Waals surface area contributed by atoms with Gasteiger partial charge in [-0.1, -0.05) is 60.7 Å².